The minimum absolute atomic E-state index is 0.0264. The van der Waals surface area contributed by atoms with Crippen LogP contribution in [-0.4, -0.2) is 43.3 Å². The lowest BCUT2D eigenvalue weighted by Crippen LogP contribution is -2.26. The molecule has 0 bridgehead atoms. The first-order valence-corrected chi connectivity index (χ1v) is 10.4. The zero-order valence-electron chi connectivity index (χ0n) is 17.2. The van der Waals surface area contributed by atoms with Crippen molar-refractivity contribution < 1.29 is 22.8 Å². The van der Waals surface area contributed by atoms with Gasteiger partial charge in [0.2, 0.25) is 0 Å². The Morgan fingerprint density at radius 3 is 2.62 bits per heavy atom. The van der Waals surface area contributed by atoms with Crippen molar-refractivity contribution in [1.29, 1.82) is 0 Å². The van der Waals surface area contributed by atoms with Gasteiger partial charge in [-0.05, 0) is 25.1 Å². The number of aromatic nitrogens is 5. The number of rotatable bonds is 5. The van der Waals surface area contributed by atoms with Gasteiger partial charge in [-0.1, -0.05) is 23.2 Å². The highest BCUT2D eigenvalue weighted by atomic mass is 35.5. The second-order valence-electron chi connectivity index (χ2n) is 6.89. The van der Waals surface area contributed by atoms with Crippen LogP contribution in [0, 0.1) is 0 Å². The molecule has 0 saturated heterocycles. The lowest BCUT2D eigenvalue weighted by Gasteiger charge is -2.14. The van der Waals surface area contributed by atoms with Crippen LogP contribution in [0.15, 0.2) is 36.7 Å². The van der Waals surface area contributed by atoms with Gasteiger partial charge in [-0.2, -0.15) is 23.4 Å². The summed E-state index contributed by atoms with van der Waals surface area (Å²) in [4.78, 5) is 29.9. The van der Waals surface area contributed by atoms with E-state index in [-0.39, 0.29) is 39.2 Å². The number of H-pyrrole nitrogens is 1. The number of alkyl halides is 3. The first kappa shape index (κ1) is 23.5. The number of halogens is 5. The van der Waals surface area contributed by atoms with Crippen LogP contribution in [0.5, 0.6) is 0 Å². The van der Waals surface area contributed by atoms with Crippen molar-refractivity contribution in [2.24, 2.45) is 0 Å². The zero-order valence-corrected chi connectivity index (χ0v) is 18.7. The maximum absolute atomic E-state index is 13.4. The molecule has 4 rings (SSSR count). The van der Waals surface area contributed by atoms with Gasteiger partial charge in [-0.3, -0.25) is 14.7 Å². The van der Waals surface area contributed by atoms with Crippen molar-refractivity contribution in [3.8, 4) is 5.82 Å². The first-order chi connectivity index (χ1) is 16.1. The van der Waals surface area contributed by atoms with E-state index in [1.54, 1.807) is 6.92 Å². The van der Waals surface area contributed by atoms with Gasteiger partial charge in [0.15, 0.2) is 11.5 Å². The molecule has 0 radical (unpaired) electrons. The quantitative estimate of drug-likeness (QED) is 0.365. The Balaban J connectivity index is 1.85. The maximum Gasteiger partial charge on any atom is 0.435 e. The largest absolute Gasteiger partial charge is 0.435 e. The molecule has 1 aromatic carbocycles. The molecule has 0 fully saturated rings. The van der Waals surface area contributed by atoms with Crippen molar-refractivity contribution in [3.05, 3.63) is 63.7 Å². The van der Waals surface area contributed by atoms with Crippen LogP contribution in [0.2, 0.25) is 10.0 Å². The average Bonchev–Trinajstić information content (AvgIpc) is 3.41. The molecule has 9 nitrogen and oxygen atoms in total. The molecular formula is C20H14Cl2F3N7O2. The molecular weight excluding hydrogens is 498 g/mol. The number of aromatic amines is 1. The number of hydrogen-bond donors (Lipinski definition) is 3. The van der Waals surface area contributed by atoms with Crippen LogP contribution >= 0.6 is 23.2 Å². The van der Waals surface area contributed by atoms with Crippen molar-refractivity contribution in [2.75, 3.05) is 11.9 Å². The molecule has 0 aliphatic carbocycles. The third-order valence-corrected chi connectivity index (χ3v) is 5.26. The van der Waals surface area contributed by atoms with E-state index in [0.717, 1.165) is 0 Å². The van der Waals surface area contributed by atoms with E-state index < -0.39 is 29.4 Å². The molecule has 176 valence electrons. The summed E-state index contributed by atoms with van der Waals surface area (Å²) in [5, 5.41) is 15.5. The molecule has 0 unspecified atom stereocenters. The normalized spacial score (nSPS) is 11.6. The minimum atomic E-state index is -4.85. The molecule has 14 heteroatoms. The van der Waals surface area contributed by atoms with Gasteiger partial charge >= 0.3 is 6.18 Å². The average molecular weight is 512 g/mol. The molecule has 34 heavy (non-hydrogen) atoms. The fraction of sp³-hybridized carbons (Fsp3) is 0.150. The number of pyridine rings is 1. The highest BCUT2D eigenvalue weighted by Crippen LogP contribution is 2.34. The fourth-order valence-electron chi connectivity index (χ4n) is 3.21. The first-order valence-electron chi connectivity index (χ1n) is 9.65. The second-order valence-corrected chi connectivity index (χ2v) is 7.70. The lowest BCUT2D eigenvalue weighted by atomic mass is 10.1. The number of fused-ring (bicyclic) bond motifs is 1. The SMILES string of the molecule is CCNC(=O)c1c(NC(=O)c2cc(C(F)(F)F)nn2-c2ncccc2Cl)c(Cl)cc2cn[nH]c12. The summed E-state index contributed by atoms with van der Waals surface area (Å²) in [6.45, 7) is 1.97. The van der Waals surface area contributed by atoms with Gasteiger partial charge in [0.1, 0.15) is 5.69 Å². The van der Waals surface area contributed by atoms with E-state index in [9.17, 15) is 22.8 Å². The van der Waals surface area contributed by atoms with E-state index >= 15 is 0 Å². The number of nitrogens with zero attached hydrogens (tertiary/aromatic N) is 4. The van der Waals surface area contributed by atoms with Crippen LogP contribution in [0.25, 0.3) is 16.7 Å². The molecule has 3 heterocycles. The topological polar surface area (TPSA) is 118 Å². The predicted octanol–water partition coefficient (Wildman–Crippen LogP) is 4.47. The molecule has 0 atom stereocenters. The summed E-state index contributed by atoms with van der Waals surface area (Å²) in [6.07, 6.45) is -2.13. The number of carbonyl (C=O) groups is 2. The number of anilines is 1. The molecule has 3 aromatic heterocycles. The smallest absolute Gasteiger partial charge is 0.352 e. The number of hydrogen-bond acceptors (Lipinski definition) is 5. The van der Waals surface area contributed by atoms with Crippen molar-refractivity contribution in [1.82, 2.24) is 30.3 Å². The summed E-state index contributed by atoms with van der Waals surface area (Å²) in [7, 11) is 0. The summed E-state index contributed by atoms with van der Waals surface area (Å²) < 4.78 is 40.9. The van der Waals surface area contributed by atoms with Crippen molar-refractivity contribution >= 4 is 51.6 Å². The number of amides is 2. The number of nitrogens with one attached hydrogen (secondary N) is 3. The predicted molar refractivity (Wildman–Crippen MR) is 118 cm³/mol. The molecule has 3 N–H and O–H groups in total. The monoisotopic (exact) mass is 511 g/mol. The van der Waals surface area contributed by atoms with E-state index in [1.807, 2.05) is 0 Å². The summed E-state index contributed by atoms with van der Waals surface area (Å²) >= 11 is 12.4. The van der Waals surface area contributed by atoms with E-state index in [4.69, 9.17) is 23.2 Å². The Morgan fingerprint density at radius 2 is 1.94 bits per heavy atom. The minimum Gasteiger partial charge on any atom is -0.352 e. The van der Waals surface area contributed by atoms with Crippen LogP contribution in [0.3, 0.4) is 0 Å². The highest BCUT2D eigenvalue weighted by Gasteiger charge is 2.37. The van der Waals surface area contributed by atoms with Crippen LogP contribution in [-0.2, 0) is 6.18 Å². The van der Waals surface area contributed by atoms with E-state index in [1.165, 1.54) is 30.6 Å². The maximum atomic E-state index is 13.4. The van der Waals surface area contributed by atoms with Crippen molar-refractivity contribution in [2.45, 2.75) is 13.1 Å². The summed E-state index contributed by atoms with van der Waals surface area (Å²) in [6, 6.07) is 4.86. The molecule has 0 saturated carbocycles. The summed E-state index contributed by atoms with van der Waals surface area (Å²) in [5.41, 5.74) is -1.74. The Labute approximate surface area is 199 Å². The van der Waals surface area contributed by atoms with Crippen LogP contribution in [0.4, 0.5) is 18.9 Å². The van der Waals surface area contributed by atoms with Crippen molar-refractivity contribution in [3.63, 3.8) is 0 Å². The van der Waals surface area contributed by atoms with Crippen LogP contribution < -0.4 is 10.6 Å². The van der Waals surface area contributed by atoms with Gasteiger partial charge < -0.3 is 10.6 Å². The Morgan fingerprint density at radius 1 is 1.18 bits per heavy atom. The second kappa shape index (κ2) is 8.95. The standard InChI is InChI=1S/C20H14Cl2F3N7O2/c1-2-26-19(34)14-15-9(8-28-30-15)6-11(22)16(14)29-18(33)12-7-13(20(23,24)25)31-32(12)17-10(21)4-3-5-27-17/h3-8H,2H2,1H3,(H,26,34)(H,28,30)(H,29,33). The molecule has 0 aliphatic rings. The van der Waals surface area contributed by atoms with E-state index in [0.29, 0.717) is 16.1 Å². The Hall–Kier alpha value is -3.64. The highest BCUT2D eigenvalue weighted by molar-refractivity contribution is 6.36. The molecule has 0 spiro atoms. The Bertz CT molecular complexity index is 1420. The van der Waals surface area contributed by atoms with Crippen LogP contribution in [0.1, 0.15) is 33.5 Å². The fourth-order valence-corrected chi connectivity index (χ4v) is 3.67. The molecule has 2 amide bonds. The third-order valence-electron chi connectivity index (χ3n) is 4.66. The molecule has 0 aliphatic heterocycles. The number of carbonyl (C=O) groups excluding carboxylic acids is 2. The van der Waals surface area contributed by atoms with Gasteiger partial charge in [-0.15, -0.1) is 0 Å². The van der Waals surface area contributed by atoms with Gasteiger partial charge in [0.25, 0.3) is 11.8 Å². The Kier molecular flexibility index (Phi) is 6.19. The zero-order chi connectivity index (χ0) is 24.6. The van der Waals surface area contributed by atoms with Gasteiger partial charge in [0, 0.05) is 24.2 Å². The molecule has 4 aromatic rings. The number of benzene rings is 1. The summed E-state index contributed by atoms with van der Waals surface area (Å²) in [5.74, 6) is -1.80. The van der Waals surface area contributed by atoms with Gasteiger partial charge in [0.05, 0.1) is 33.0 Å². The van der Waals surface area contributed by atoms with E-state index in [2.05, 4.69) is 30.9 Å². The lowest BCUT2D eigenvalue weighted by molar-refractivity contribution is -0.141. The van der Waals surface area contributed by atoms with Gasteiger partial charge in [-0.25, -0.2) is 9.67 Å². The third kappa shape index (κ3) is 4.29.